The van der Waals surface area contributed by atoms with E-state index < -0.39 is 0 Å². The number of allylic oxidation sites excluding steroid dienone is 1. The van der Waals surface area contributed by atoms with Crippen LogP contribution in [0.2, 0.25) is 0 Å². The van der Waals surface area contributed by atoms with Crippen molar-refractivity contribution >= 4 is 6.09 Å². The molecule has 0 aliphatic heterocycles. The number of nitrogens with zero attached hydrogens (tertiary/aromatic N) is 1. The maximum atomic E-state index is 11.7. The van der Waals surface area contributed by atoms with Gasteiger partial charge in [-0.15, -0.1) is 6.58 Å². The standard InChI is InChI=1S/C17H33NO2/c1-15(2)13-11-9-7-8-10-12-14-20-16(19)18(6)17(3,4)5/h1,7-14H2,2-6H3. The first-order valence-corrected chi connectivity index (χ1v) is 7.80. The summed E-state index contributed by atoms with van der Waals surface area (Å²) in [7, 11) is 1.78. The molecular formula is C17H33NO2. The van der Waals surface area contributed by atoms with Gasteiger partial charge in [0.2, 0.25) is 0 Å². The minimum atomic E-state index is -0.223. The number of unbranched alkanes of at least 4 members (excludes halogenated alkanes) is 5. The molecular weight excluding hydrogens is 250 g/mol. The summed E-state index contributed by atoms with van der Waals surface area (Å²) in [5.74, 6) is 0. The maximum absolute atomic E-state index is 11.7. The van der Waals surface area contributed by atoms with Crippen molar-refractivity contribution in [3.05, 3.63) is 12.2 Å². The van der Waals surface area contributed by atoms with E-state index in [1.54, 1.807) is 11.9 Å². The highest BCUT2D eigenvalue weighted by Gasteiger charge is 2.23. The molecule has 0 radical (unpaired) electrons. The fourth-order valence-electron chi connectivity index (χ4n) is 1.77. The predicted molar refractivity (Wildman–Crippen MR) is 86.0 cm³/mol. The largest absolute Gasteiger partial charge is 0.449 e. The molecule has 0 unspecified atom stereocenters. The van der Waals surface area contributed by atoms with Crippen LogP contribution in [-0.2, 0) is 4.74 Å². The molecule has 3 nitrogen and oxygen atoms in total. The second-order valence-corrected chi connectivity index (χ2v) is 6.67. The maximum Gasteiger partial charge on any atom is 0.409 e. The highest BCUT2D eigenvalue weighted by atomic mass is 16.6. The molecule has 0 heterocycles. The van der Waals surface area contributed by atoms with Crippen molar-refractivity contribution < 1.29 is 9.53 Å². The van der Waals surface area contributed by atoms with Crippen LogP contribution in [0, 0.1) is 0 Å². The minimum Gasteiger partial charge on any atom is -0.449 e. The van der Waals surface area contributed by atoms with Crippen molar-refractivity contribution in [3.63, 3.8) is 0 Å². The monoisotopic (exact) mass is 283 g/mol. The molecule has 0 rings (SSSR count). The van der Waals surface area contributed by atoms with Crippen LogP contribution in [0.5, 0.6) is 0 Å². The van der Waals surface area contributed by atoms with Gasteiger partial charge in [0, 0.05) is 12.6 Å². The van der Waals surface area contributed by atoms with Crippen LogP contribution < -0.4 is 0 Å². The van der Waals surface area contributed by atoms with E-state index in [-0.39, 0.29) is 11.6 Å². The van der Waals surface area contributed by atoms with Gasteiger partial charge in [-0.25, -0.2) is 4.79 Å². The summed E-state index contributed by atoms with van der Waals surface area (Å²) in [6.07, 6.45) is 8.05. The molecule has 20 heavy (non-hydrogen) atoms. The van der Waals surface area contributed by atoms with Gasteiger partial charge >= 0.3 is 6.09 Å². The molecule has 0 N–H and O–H groups in total. The van der Waals surface area contributed by atoms with Crippen molar-refractivity contribution in [1.82, 2.24) is 4.90 Å². The number of amides is 1. The molecule has 0 bridgehead atoms. The molecule has 1 amide bonds. The number of rotatable bonds is 9. The average Bonchev–Trinajstić information content (AvgIpc) is 2.34. The third-order valence-corrected chi connectivity index (χ3v) is 3.50. The first kappa shape index (κ1) is 19.0. The highest BCUT2D eigenvalue weighted by Crippen LogP contribution is 2.13. The van der Waals surface area contributed by atoms with Crippen molar-refractivity contribution in [2.45, 2.75) is 78.2 Å². The second-order valence-electron chi connectivity index (χ2n) is 6.67. The van der Waals surface area contributed by atoms with Crippen molar-refractivity contribution in [1.29, 1.82) is 0 Å². The normalized spacial score (nSPS) is 11.2. The Labute approximate surface area is 125 Å². The van der Waals surface area contributed by atoms with Crippen LogP contribution in [0.25, 0.3) is 0 Å². The Morgan fingerprint density at radius 2 is 1.55 bits per heavy atom. The lowest BCUT2D eigenvalue weighted by molar-refractivity contribution is 0.0799. The molecule has 0 saturated carbocycles. The van der Waals surface area contributed by atoms with Gasteiger partial charge in [-0.05, 0) is 47.0 Å². The molecule has 0 aromatic heterocycles. The van der Waals surface area contributed by atoms with E-state index >= 15 is 0 Å². The Morgan fingerprint density at radius 1 is 1.05 bits per heavy atom. The Hall–Kier alpha value is -0.990. The molecule has 0 atom stereocenters. The summed E-state index contributed by atoms with van der Waals surface area (Å²) in [6.45, 7) is 12.5. The summed E-state index contributed by atoms with van der Waals surface area (Å²) in [4.78, 5) is 13.4. The lowest BCUT2D eigenvalue weighted by atomic mass is 10.1. The van der Waals surface area contributed by atoms with E-state index in [0.29, 0.717) is 6.61 Å². The first-order valence-electron chi connectivity index (χ1n) is 7.80. The second kappa shape index (κ2) is 9.84. The number of ether oxygens (including phenoxy) is 1. The minimum absolute atomic E-state index is 0.180. The summed E-state index contributed by atoms with van der Waals surface area (Å²) in [5, 5.41) is 0. The summed E-state index contributed by atoms with van der Waals surface area (Å²) in [6, 6.07) is 0. The molecule has 0 aromatic carbocycles. The van der Waals surface area contributed by atoms with Crippen molar-refractivity contribution in [2.24, 2.45) is 0 Å². The van der Waals surface area contributed by atoms with E-state index in [0.717, 1.165) is 19.3 Å². The van der Waals surface area contributed by atoms with Crippen LogP contribution in [0.15, 0.2) is 12.2 Å². The van der Waals surface area contributed by atoms with Crippen LogP contribution >= 0.6 is 0 Å². The van der Waals surface area contributed by atoms with Gasteiger partial charge in [0.25, 0.3) is 0 Å². The molecule has 3 heteroatoms. The summed E-state index contributed by atoms with van der Waals surface area (Å²) < 4.78 is 5.26. The van der Waals surface area contributed by atoms with Gasteiger partial charge in [-0.2, -0.15) is 0 Å². The smallest absolute Gasteiger partial charge is 0.409 e. The predicted octanol–water partition coefficient (Wildman–Crippen LogP) is 5.16. The van der Waals surface area contributed by atoms with Gasteiger partial charge in [0.1, 0.15) is 0 Å². The molecule has 0 spiro atoms. The highest BCUT2D eigenvalue weighted by molar-refractivity contribution is 5.68. The summed E-state index contributed by atoms with van der Waals surface area (Å²) >= 11 is 0. The Bertz CT molecular complexity index is 292. The van der Waals surface area contributed by atoms with E-state index in [2.05, 4.69) is 13.5 Å². The lowest BCUT2D eigenvalue weighted by Crippen LogP contribution is -2.42. The Kier molecular flexibility index (Phi) is 9.35. The van der Waals surface area contributed by atoms with E-state index in [9.17, 15) is 4.79 Å². The van der Waals surface area contributed by atoms with Gasteiger partial charge in [0.05, 0.1) is 6.61 Å². The average molecular weight is 283 g/mol. The van der Waals surface area contributed by atoms with Gasteiger partial charge in [-0.3, -0.25) is 0 Å². The van der Waals surface area contributed by atoms with E-state index in [4.69, 9.17) is 4.74 Å². The number of hydrogen-bond donors (Lipinski definition) is 0. The van der Waals surface area contributed by atoms with Gasteiger partial charge in [0.15, 0.2) is 0 Å². The van der Waals surface area contributed by atoms with E-state index in [1.807, 2.05) is 20.8 Å². The molecule has 0 aromatic rings. The Morgan fingerprint density at radius 3 is 2.05 bits per heavy atom. The van der Waals surface area contributed by atoms with Gasteiger partial charge < -0.3 is 9.64 Å². The fourth-order valence-corrected chi connectivity index (χ4v) is 1.77. The SMILES string of the molecule is C=C(C)CCCCCCCCOC(=O)N(C)C(C)(C)C. The number of hydrogen-bond acceptors (Lipinski definition) is 2. The zero-order valence-corrected chi connectivity index (χ0v) is 14.1. The third kappa shape index (κ3) is 9.88. The van der Waals surface area contributed by atoms with Crippen molar-refractivity contribution in [3.8, 4) is 0 Å². The zero-order valence-electron chi connectivity index (χ0n) is 14.1. The fraction of sp³-hybridized carbons (Fsp3) is 0.824. The number of carbonyl (C=O) groups is 1. The van der Waals surface area contributed by atoms with Crippen LogP contribution in [0.4, 0.5) is 4.79 Å². The molecule has 118 valence electrons. The number of carbonyl (C=O) groups excluding carboxylic acids is 1. The topological polar surface area (TPSA) is 29.5 Å². The molecule has 0 aliphatic rings. The lowest BCUT2D eigenvalue weighted by Gasteiger charge is -2.30. The quantitative estimate of drug-likeness (QED) is 0.432. The van der Waals surface area contributed by atoms with Gasteiger partial charge in [-0.1, -0.05) is 31.3 Å². The zero-order chi connectivity index (χ0) is 15.6. The van der Waals surface area contributed by atoms with Crippen molar-refractivity contribution in [2.75, 3.05) is 13.7 Å². The molecule has 0 saturated heterocycles. The molecule has 0 aliphatic carbocycles. The summed E-state index contributed by atoms with van der Waals surface area (Å²) in [5.41, 5.74) is 1.10. The first-order chi connectivity index (χ1) is 9.25. The van der Waals surface area contributed by atoms with E-state index in [1.165, 1.54) is 31.3 Å². The van der Waals surface area contributed by atoms with Crippen LogP contribution in [0.3, 0.4) is 0 Å². The third-order valence-electron chi connectivity index (χ3n) is 3.50. The van der Waals surface area contributed by atoms with Crippen LogP contribution in [0.1, 0.15) is 72.6 Å². The van der Waals surface area contributed by atoms with Crippen LogP contribution in [-0.4, -0.2) is 30.2 Å². The molecule has 0 fully saturated rings. The Balaban J connectivity index is 3.45.